The number of hydrogen-bond donors (Lipinski definition) is 0. The Kier molecular flexibility index (Phi) is 6.91. The first kappa shape index (κ1) is 24.4. The zero-order chi connectivity index (χ0) is 24.4. The topological polar surface area (TPSA) is 107 Å². The van der Waals surface area contributed by atoms with Gasteiger partial charge in [0.25, 0.3) is 0 Å². The minimum Gasteiger partial charge on any atom is -0.438 e. The van der Waals surface area contributed by atoms with E-state index < -0.39 is 21.9 Å². The number of halogens is 3. The molecule has 0 saturated carbocycles. The molecule has 0 aliphatic heterocycles. The van der Waals surface area contributed by atoms with E-state index in [1.54, 1.807) is 4.68 Å². The van der Waals surface area contributed by atoms with Crippen molar-refractivity contribution in [2.45, 2.75) is 36.9 Å². The molecule has 178 valence electrons. The van der Waals surface area contributed by atoms with E-state index >= 15 is 0 Å². The van der Waals surface area contributed by atoms with Crippen LogP contribution in [0.3, 0.4) is 0 Å². The summed E-state index contributed by atoms with van der Waals surface area (Å²) in [5, 5.41) is 4.79. The number of rotatable bonds is 8. The van der Waals surface area contributed by atoms with E-state index in [2.05, 4.69) is 15.1 Å². The van der Waals surface area contributed by atoms with Gasteiger partial charge in [-0.1, -0.05) is 6.92 Å². The van der Waals surface area contributed by atoms with Gasteiger partial charge in [-0.2, -0.15) is 18.3 Å². The maximum atomic E-state index is 12.6. The molecule has 2 aromatic heterocycles. The smallest absolute Gasteiger partial charge is 0.438 e. The first-order valence-corrected chi connectivity index (χ1v) is 11.8. The molecule has 1 aromatic carbocycles. The van der Waals surface area contributed by atoms with Crippen molar-refractivity contribution in [2.75, 3.05) is 19.8 Å². The molecule has 2 heterocycles. The first-order valence-electron chi connectivity index (χ1n) is 9.90. The molecule has 3 aromatic rings. The minimum atomic E-state index is -4.92. The van der Waals surface area contributed by atoms with Crippen LogP contribution in [0.4, 0.5) is 13.2 Å². The van der Waals surface area contributed by atoms with Crippen LogP contribution in [0.2, 0.25) is 0 Å². The van der Waals surface area contributed by atoms with Crippen LogP contribution in [0.25, 0.3) is 11.0 Å². The van der Waals surface area contributed by atoms with Crippen LogP contribution in [0, 0.1) is 0 Å². The maximum Gasteiger partial charge on any atom is 0.471 e. The summed E-state index contributed by atoms with van der Waals surface area (Å²) in [6.07, 6.45) is -0.285. The SMILES string of the molecule is CCC(CCN(C)C(=O)C(F)(F)F)n1ncc2c(Oc3ccc(S(C)(=O)=O)cc3)ncnc21. The second-order valence-electron chi connectivity index (χ2n) is 7.43. The average molecular weight is 485 g/mol. The van der Waals surface area contributed by atoms with Crippen LogP contribution in [0.15, 0.2) is 41.7 Å². The second kappa shape index (κ2) is 9.33. The zero-order valence-electron chi connectivity index (χ0n) is 18.1. The summed E-state index contributed by atoms with van der Waals surface area (Å²) in [5.41, 5.74) is 0.421. The van der Waals surface area contributed by atoms with E-state index in [4.69, 9.17) is 4.74 Å². The van der Waals surface area contributed by atoms with Crippen molar-refractivity contribution in [1.82, 2.24) is 24.6 Å². The van der Waals surface area contributed by atoms with Gasteiger partial charge in [0.2, 0.25) is 5.88 Å². The lowest BCUT2D eigenvalue weighted by Crippen LogP contribution is -2.39. The Hall–Kier alpha value is -3.22. The molecule has 0 radical (unpaired) electrons. The summed E-state index contributed by atoms with van der Waals surface area (Å²) in [5.74, 6) is -1.35. The highest BCUT2D eigenvalue weighted by atomic mass is 32.2. The van der Waals surface area contributed by atoms with E-state index in [1.165, 1.54) is 36.8 Å². The number of fused-ring (bicyclic) bond motifs is 1. The lowest BCUT2D eigenvalue weighted by Gasteiger charge is -2.22. The number of hydrogen-bond acceptors (Lipinski definition) is 7. The van der Waals surface area contributed by atoms with Crippen molar-refractivity contribution in [3.63, 3.8) is 0 Å². The Morgan fingerprint density at radius 2 is 1.88 bits per heavy atom. The van der Waals surface area contributed by atoms with Gasteiger partial charge in [-0.25, -0.2) is 23.1 Å². The summed E-state index contributed by atoms with van der Waals surface area (Å²) in [7, 11) is -2.24. The molecule has 1 atom stereocenters. The van der Waals surface area contributed by atoms with Crippen LogP contribution in [-0.4, -0.2) is 65.0 Å². The minimum absolute atomic E-state index is 0.112. The standard InChI is InChI=1S/C20H22F3N5O4S/c1-4-13(9-10-27(2)19(29)20(21,22)23)28-17-16(11-26-28)18(25-12-24-17)32-14-5-7-15(8-6-14)33(3,30)31/h5-8,11-13H,4,9-10H2,1-3H3. The normalized spacial score (nSPS) is 13.2. The molecule has 1 amide bonds. The van der Waals surface area contributed by atoms with Crippen molar-refractivity contribution < 1.29 is 31.1 Å². The van der Waals surface area contributed by atoms with E-state index in [0.29, 0.717) is 28.1 Å². The molecule has 13 heteroatoms. The third-order valence-electron chi connectivity index (χ3n) is 5.03. The second-order valence-corrected chi connectivity index (χ2v) is 9.44. The van der Waals surface area contributed by atoms with Gasteiger partial charge in [0, 0.05) is 19.8 Å². The van der Waals surface area contributed by atoms with Gasteiger partial charge in [0.1, 0.15) is 17.5 Å². The zero-order valence-corrected chi connectivity index (χ0v) is 18.9. The Bertz CT molecular complexity index is 1240. The van der Waals surface area contributed by atoms with Crippen LogP contribution in [0.1, 0.15) is 25.8 Å². The molecule has 0 N–H and O–H groups in total. The molecule has 0 aliphatic carbocycles. The molecule has 0 aliphatic rings. The van der Waals surface area contributed by atoms with Gasteiger partial charge in [-0.15, -0.1) is 0 Å². The number of carbonyl (C=O) groups excluding carboxylic acids is 1. The summed E-state index contributed by atoms with van der Waals surface area (Å²) in [4.78, 5) is 20.5. The largest absolute Gasteiger partial charge is 0.471 e. The van der Waals surface area contributed by atoms with Gasteiger partial charge >= 0.3 is 12.1 Å². The number of alkyl halides is 3. The lowest BCUT2D eigenvalue weighted by molar-refractivity contribution is -0.184. The Balaban J connectivity index is 1.80. The quantitative estimate of drug-likeness (QED) is 0.481. The third-order valence-corrected chi connectivity index (χ3v) is 6.15. The van der Waals surface area contributed by atoms with Crippen LogP contribution < -0.4 is 4.74 Å². The fourth-order valence-corrected chi connectivity index (χ4v) is 3.85. The Labute approximate surface area is 188 Å². The fraction of sp³-hybridized carbons (Fsp3) is 0.400. The molecule has 9 nitrogen and oxygen atoms in total. The molecule has 0 bridgehead atoms. The molecule has 0 fully saturated rings. The maximum absolute atomic E-state index is 12.6. The molecule has 1 unspecified atom stereocenters. The van der Waals surface area contributed by atoms with E-state index in [1.807, 2.05) is 6.92 Å². The number of nitrogens with zero attached hydrogens (tertiary/aromatic N) is 5. The Morgan fingerprint density at radius 3 is 2.45 bits per heavy atom. The molecule has 0 spiro atoms. The highest BCUT2D eigenvalue weighted by Gasteiger charge is 2.41. The Morgan fingerprint density at radius 1 is 1.21 bits per heavy atom. The van der Waals surface area contributed by atoms with Crippen molar-refractivity contribution in [2.24, 2.45) is 0 Å². The van der Waals surface area contributed by atoms with Crippen LogP contribution in [0.5, 0.6) is 11.6 Å². The number of carbonyl (C=O) groups is 1. The van der Waals surface area contributed by atoms with Crippen molar-refractivity contribution in [3.05, 3.63) is 36.8 Å². The highest BCUT2D eigenvalue weighted by Crippen LogP contribution is 2.30. The predicted molar refractivity (Wildman–Crippen MR) is 113 cm³/mol. The van der Waals surface area contributed by atoms with Crippen LogP contribution >= 0.6 is 0 Å². The van der Waals surface area contributed by atoms with Crippen molar-refractivity contribution >= 4 is 26.8 Å². The number of amides is 1. The summed E-state index contributed by atoms with van der Waals surface area (Å²) in [6, 6.07) is 5.51. The van der Waals surface area contributed by atoms with E-state index in [0.717, 1.165) is 13.3 Å². The molecular formula is C20H22F3N5O4S. The van der Waals surface area contributed by atoms with E-state index in [-0.39, 0.29) is 29.8 Å². The molecule has 0 saturated heterocycles. The van der Waals surface area contributed by atoms with Gasteiger partial charge in [0.05, 0.1) is 17.1 Å². The summed E-state index contributed by atoms with van der Waals surface area (Å²) >= 11 is 0. The average Bonchev–Trinajstić information content (AvgIpc) is 3.18. The van der Waals surface area contributed by atoms with Crippen molar-refractivity contribution in [3.8, 4) is 11.6 Å². The lowest BCUT2D eigenvalue weighted by atomic mass is 10.1. The fourth-order valence-electron chi connectivity index (χ4n) is 3.22. The predicted octanol–water partition coefficient (Wildman–Crippen LogP) is 3.38. The number of ether oxygens (including phenoxy) is 1. The summed E-state index contributed by atoms with van der Waals surface area (Å²) in [6.45, 7) is 1.74. The highest BCUT2D eigenvalue weighted by molar-refractivity contribution is 7.90. The number of sulfone groups is 1. The van der Waals surface area contributed by atoms with Crippen LogP contribution in [-0.2, 0) is 14.6 Å². The molecule has 3 rings (SSSR count). The first-order chi connectivity index (χ1) is 15.4. The van der Waals surface area contributed by atoms with E-state index in [9.17, 15) is 26.4 Å². The monoisotopic (exact) mass is 485 g/mol. The number of benzene rings is 1. The van der Waals surface area contributed by atoms with Crippen molar-refractivity contribution in [1.29, 1.82) is 0 Å². The summed E-state index contributed by atoms with van der Waals surface area (Å²) < 4.78 is 68.4. The van der Waals surface area contributed by atoms with Gasteiger partial charge in [0.15, 0.2) is 15.5 Å². The molecular weight excluding hydrogens is 463 g/mol. The molecule has 33 heavy (non-hydrogen) atoms. The van der Waals surface area contributed by atoms with Gasteiger partial charge in [-0.05, 0) is 37.1 Å². The third kappa shape index (κ3) is 5.59. The van der Waals surface area contributed by atoms with Gasteiger partial charge < -0.3 is 9.64 Å². The number of aromatic nitrogens is 4. The van der Waals surface area contributed by atoms with Gasteiger partial charge in [-0.3, -0.25) is 4.79 Å².